The Morgan fingerprint density at radius 2 is 1.95 bits per heavy atom. The number of anilines is 2. The molecule has 3 N–H and O–H groups in total. The molecule has 0 radical (unpaired) electrons. The van der Waals surface area contributed by atoms with Gasteiger partial charge in [-0.3, -0.25) is 4.98 Å². The Balaban J connectivity index is 2.28. The van der Waals surface area contributed by atoms with Crippen LogP contribution in [0.3, 0.4) is 0 Å². The molecule has 1 aromatic heterocycles. The lowest BCUT2D eigenvalue weighted by atomic mass is 10.0. The second kappa shape index (κ2) is 7.13. The Bertz CT molecular complexity index is 551. The maximum atomic E-state index is 6.13. The molecule has 0 saturated heterocycles. The molecule has 108 valence electrons. The van der Waals surface area contributed by atoms with Crippen LogP contribution in [0.1, 0.15) is 46.0 Å². The highest BCUT2D eigenvalue weighted by molar-refractivity contribution is 5.96. The summed E-state index contributed by atoms with van der Waals surface area (Å²) in [7, 11) is 0. The van der Waals surface area contributed by atoms with Crippen molar-refractivity contribution < 1.29 is 0 Å². The van der Waals surface area contributed by atoms with E-state index in [0.717, 1.165) is 22.3 Å². The predicted octanol–water partition coefficient (Wildman–Crippen LogP) is 4.59. The van der Waals surface area contributed by atoms with Crippen LogP contribution in [0.2, 0.25) is 0 Å². The standard InChI is InChI=1S/C17H25N3/c1-3-5-9-13(8-4-2)20-17-14-10-6-7-11-16(14)19-12-15(17)18/h6-7,10-13H,3-5,8-9,18H2,1-2H3,(H,19,20). The number of fused-ring (bicyclic) bond motifs is 1. The van der Waals surface area contributed by atoms with Crippen molar-refractivity contribution >= 4 is 22.3 Å². The average molecular weight is 271 g/mol. The Labute approximate surface area is 121 Å². The highest BCUT2D eigenvalue weighted by Gasteiger charge is 2.12. The molecule has 3 heteroatoms. The summed E-state index contributed by atoms with van der Waals surface area (Å²) >= 11 is 0. The number of pyridine rings is 1. The van der Waals surface area contributed by atoms with Crippen molar-refractivity contribution in [1.82, 2.24) is 4.98 Å². The van der Waals surface area contributed by atoms with Crippen LogP contribution >= 0.6 is 0 Å². The monoisotopic (exact) mass is 271 g/mol. The van der Waals surface area contributed by atoms with Crippen molar-refractivity contribution in [2.75, 3.05) is 11.1 Å². The highest BCUT2D eigenvalue weighted by atomic mass is 14.9. The Hall–Kier alpha value is -1.77. The fourth-order valence-electron chi connectivity index (χ4n) is 2.61. The summed E-state index contributed by atoms with van der Waals surface area (Å²) in [6.07, 6.45) is 7.80. The van der Waals surface area contributed by atoms with Crippen molar-refractivity contribution in [3.8, 4) is 0 Å². The van der Waals surface area contributed by atoms with Gasteiger partial charge in [-0.15, -0.1) is 0 Å². The molecule has 1 atom stereocenters. The molecule has 1 aromatic carbocycles. The van der Waals surface area contributed by atoms with E-state index in [1.807, 2.05) is 18.2 Å². The van der Waals surface area contributed by atoms with E-state index in [2.05, 4.69) is 30.2 Å². The van der Waals surface area contributed by atoms with E-state index < -0.39 is 0 Å². The number of nitrogen functional groups attached to an aromatic ring is 1. The van der Waals surface area contributed by atoms with E-state index in [1.165, 1.54) is 32.1 Å². The number of unbranched alkanes of at least 4 members (excludes halogenated alkanes) is 1. The minimum Gasteiger partial charge on any atom is -0.396 e. The van der Waals surface area contributed by atoms with Crippen LogP contribution in [0.5, 0.6) is 0 Å². The molecule has 0 aliphatic rings. The summed E-state index contributed by atoms with van der Waals surface area (Å²) in [6.45, 7) is 4.47. The van der Waals surface area contributed by atoms with Gasteiger partial charge in [-0.1, -0.05) is 51.3 Å². The van der Waals surface area contributed by atoms with Gasteiger partial charge < -0.3 is 11.1 Å². The van der Waals surface area contributed by atoms with Gasteiger partial charge in [0.2, 0.25) is 0 Å². The van der Waals surface area contributed by atoms with Gasteiger partial charge in [0.05, 0.1) is 23.1 Å². The van der Waals surface area contributed by atoms with Crippen LogP contribution < -0.4 is 11.1 Å². The van der Waals surface area contributed by atoms with E-state index in [0.29, 0.717) is 6.04 Å². The molecule has 0 aliphatic carbocycles. The number of aromatic nitrogens is 1. The van der Waals surface area contributed by atoms with Gasteiger partial charge in [-0.25, -0.2) is 0 Å². The van der Waals surface area contributed by atoms with Crippen LogP contribution in [-0.2, 0) is 0 Å². The summed E-state index contributed by atoms with van der Waals surface area (Å²) < 4.78 is 0. The van der Waals surface area contributed by atoms with Crippen LogP contribution in [0, 0.1) is 0 Å². The van der Waals surface area contributed by atoms with Gasteiger partial charge >= 0.3 is 0 Å². The van der Waals surface area contributed by atoms with Crippen LogP contribution in [0.15, 0.2) is 30.5 Å². The van der Waals surface area contributed by atoms with Gasteiger partial charge in [0.25, 0.3) is 0 Å². The third-order valence-corrected chi connectivity index (χ3v) is 3.70. The van der Waals surface area contributed by atoms with Gasteiger partial charge in [0.1, 0.15) is 0 Å². The summed E-state index contributed by atoms with van der Waals surface area (Å²) in [4.78, 5) is 4.39. The fourth-order valence-corrected chi connectivity index (χ4v) is 2.61. The highest BCUT2D eigenvalue weighted by Crippen LogP contribution is 2.29. The third-order valence-electron chi connectivity index (χ3n) is 3.70. The number of hydrogen-bond donors (Lipinski definition) is 2. The zero-order valence-corrected chi connectivity index (χ0v) is 12.5. The van der Waals surface area contributed by atoms with Crippen molar-refractivity contribution in [3.63, 3.8) is 0 Å². The predicted molar refractivity (Wildman–Crippen MR) is 88.0 cm³/mol. The first kappa shape index (κ1) is 14.6. The molecule has 0 fully saturated rings. The maximum Gasteiger partial charge on any atom is 0.0743 e. The van der Waals surface area contributed by atoms with Crippen molar-refractivity contribution in [2.45, 2.75) is 52.0 Å². The fraction of sp³-hybridized carbons (Fsp3) is 0.471. The first-order valence-electron chi connectivity index (χ1n) is 7.66. The molecule has 0 saturated carbocycles. The Kier molecular flexibility index (Phi) is 5.22. The third kappa shape index (κ3) is 3.41. The number of nitrogens with two attached hydrogens (primary N) is 1. The van der Waals surface area contributed by atoms with E-state index in [1.54, 1.807) is 6.20 Å². The average Bonchev–Trinajstić information content (AvgIpc) is 2.47. The van der Waals surface area contributed by atoms with E-state index in [4.69, 9.17) is 5.73 Å². The number of nitrogens with zero attached hydrogens (tertiary/aromatic N) is 1. The molecule has 0 spiro atoms. The number of benzene rings is 1. The summed E-state index contributed by atoms with van der Waals surface area (Å²) in [6, 6.07) is 8.66. The van der Waals surface area contributed by atoms with E-state index in [9.17, 15) is 0 Å². The molecule has 1 unspecified atom stereocenters. The minimum atomic E-state index is 0.494. The van der Waals surface area contributed by atoms with Crippen LogP contribution in [0.25, 0.3) is 10.9 Å². The largest absolute Gasteiger partial charge is 0.396 e. The minimum absolute atomic E-state index is 0.494. The van der Waals surface area contributed by atoms with Crippen molar-refractivity contribution in [1.29, 1.82) is 0 Å². The molecule has 20 heavy (non-hydrogen) atoms. The van der Waals surface area contributed by atoms with E-state index in [-0.39, 0.29) is 0 Å². The van der Waals surface area contributed by atoms with Gasteiger partial charge in [-0.2, -0.15) is 0 Å². The molecule has 1 heterocycles. The molecular formula is C17H25N3. The molecule has 0 bridgehead atoms. The lowest BCUT2D eigenvalue weighted by molar-refractivity contribution is 0.565. The summed E-state index contributed by atoms with van der Waals surface area (Å²) in [5, 5.41) is 4.78. The smallest absolute Gasteiger partial charge is 0.0743 e. The second-order valence-electron chi connectivity index (χ2n) is 5.38. The molecule has 0 aliphatic heterocycles. The lowest BCUT2D eigenvalue weighted by Gasteiger charge is -2.21. The lowest BCUT2D eigenvalue weighted by Crippen LogP contribution is -2.20. The molecular weight excluding hydrogens is 246 g/mol. The Morgan fingerprint density at radius 1 is 1.15 bits per heavy atom. The quantitative estimate of drug-likeness (QED) is 0.774. The van der Waals surface area contributed by atoms with Crippen LogP contribution in [-0.4, -0.2) is 11.0 Å². The molecule has 0 amide bonds. The first-order chi connectivity index (χ1) is 9.76. The first-order valence-corrected chi connectivity index (χ1v) is 7.66. The molecule has 3 nitrogen and oxygen atoms in total. The molecule has 2 aromatic rings. The summed E-state index contributed by atoms with van der Waals surface area (Å²) in [5.74, 6) is 0. The normalized spacial score (nSPS) is 12.5. The zero-order chi connectivity index (χ0) is 14.4. The second-order valence-corrected chi connectivity index (χ2v) is 5.38. The summed E-state index contributed by atoms with van der Waals surface area (Å²) in [5.41, 5.74) is 8.91. The van der Waals surface area contributed by atoms with Gasteiger partial charge in [0, 0.05) is 11.4 Å². The maximum absolute atomic E-state index is 6.13. The number of nitrogens with one attached hydrogen (secondary N) is 1. The number of para-hydroxylation sites is 1. The van der Waals surface area contributed by atoms with E-state index >= 15 is 0 Å². The number of hydrogen-bond acceptors (Lipinski definition) is 3. The topological polar surface area (TPSA) is 50.9 Å². The van der Waals surface area contributed by atoms with Crippen LogP contribution in [0.4, 0.5) is 11.4 Å². The van der Waals surface area contributed by atoms with Gasteiger partial charge in [-0.05, 0) is 18.9 Å². The SMILES string of the molecule is CCCCC(CCC)Nc1c(N)cnc2ccccc12. The number of rotatable bonds is 7. The van der Waals surface area contributed by atoms with Crippen molar-refractivity contribution in [3.05, 3.63) is 30.5 Å². The van der Waals surface area contributed by atoms with Crippen molar-refractivity contribution in [2.24, 2.45) is 0 Å². The Morgan fingerprint density at radius 3 is 2.70 bits per heavy atom. The molecule has 2 rings (SSSR count). The van der Waals surface area contributed by atoms with Gasteiger partial charge in [0.15, 0.2) is 0 Å². The zero-order valence-electron chi connectivity index (χ0n) is 12.5.